The van der Waals surface area contributed by atoms with E-state index in [-0.39, 0.29) is 12.2 Å². The minimum absolute atomic E-state index is 0.178. The fourth-order valence-corrected chi connectivity index (χ4v) is 3.07. The average Bonchev–Trinajstić information content (AvgIpc) is 3.05. The van der Waals surface area contributed by atoms with Crippen LogP contribution in [0.1, 0.15) is 35.3 Å². The summed E-state index contributed by atoms with van der Waals surface area (Å²) in [7, 11) is 0. The Hall–Kier alpha value is -2.04. The van der Waals surface area contributed by atoms with Gasteiger partial charge >= 0.3 is 0 Å². The van der Waals surface area contributed by atoms with Crippen LogP contribution in [0.4, 0.5) is 0 Å². The zero-order valence-corrected chi connectivity index (χ0v) is 10.5. The lowest BCUT2D eigenvalue weighted by atomic mass is 9.84. The second kappa shape index (κ2) is 4.26. The monoisotopic (exact) mass is 246 g/mol. The second-order valence-corrected chi connectivity index (χ2v) is 5.15. The van der Waals surface area contributed by atoms with Crippen molar-refractivity contribution >= 4 is 0 Å². The lowest BCUT2D eigenvalue weighted by Gasteiger charge is -2.16. The summed E-state index contributed by atoms with van der Waals surface area (Å²) in [5.41, 5.74) is 3.79. The van der Waals surface area contributed by atoms with Crippen molar-refractivity contribution in [1.29, 1.82) is 0 Å². The summed E-state index contributed by atoms with van der Waals surface area (Å²) in [6, 6.07) is 18.7. The van der Waals surface area contributed by atoms with Crippen molar-refractivity contribution in [1.82, 2.24) is 0 Å². The van der Waals surface area contributed by atoms with Gasteiger partial charge in [0, 0.05) is 5.56 Å². The maximum atomic E-state index is 6.04. The molecular weight excluding hydrogens is 232 g/mol. The van der Waals surface area contributed by atoms with Gasteiger partial charge in [-0.05, 0) is 29.7 Å². The van der Waals surface area contributed by atoms with Crippen LogP contribution < -0.4 is 0 Å². The first-order chi connectivity index (χ1) is 9.42. The molecule has 2 aromatic carbocycles. The van der Waals surface area contributed by atoms with Crippen LogP contribution in [0.2, 0.25) is 0 Å². The molecule has 2 bridgehead atoms. The van der Waals surface area contributed by atoms with Crippen LogP contribution in [-0.2, 0) is 4.74 Å². The van der Waals surface area contributed by atoms with Crippen LogP contribution in [0, 0.1) is 17.8 Å². The molecule has 19 heavy (non-hydrogen) atoms. The summed E-state index contributed by atoms with van der Waals surface area (Å²) in [4.78, 5) is 0. The lowest BCUT2D eigenvalue weighted by Crippen LogP contribution is -2.08. The average molecular weight is 246 g/mol. The Kier molecular flexibility index (Phi) is 2.43. The van der Waals surface area contributed by atoms with Gasteiger partial charge in [-0.3, -0.25) is 0 Å². The van der Waals surface area contributed by atoms with Crippen molar-refractivity contribution < 1.29 is 4.74 Å². The van der Waals surface area contributed by atoms with Crippen molar-refractivity contribution in [2.45, 2.75) is 18.6 Å². The Morgan fingerprint density at radius 3 is 2.47 bits per heavy atom. The fraction of sp³-hybridized carbons (Fsp3) is 0.222. The quantitative estimate of drug-likeness (QED) is 0.641. The molecule has 3 unspecified atom stereocenters. The summed E-state index contributed by atoms with van der Waals surface area (Å²) >= 11 is 0. The SMILES string of the molecule is C(#CC1CC2OC1c1ccccc12)c1ccccc1. The molecule has 0 radical (unpaired) electrons. The van der Waals surface area contributed by atoms with E-state index in [2.05, 4.69) is 48.2 Å². The van der Waals surface area contributed by atoms with Crippen molar-refractivity contribution in [3.8, 4) is 11.8 Å². The maximum Gasteiger partial charge on any atom is 0.0975 e. The van der Waals surface area contributed by atoms with Crippen LogP contribution in [0.25, 0.3) is 0 Å². The molecule has 1 nitrogen and oxygen atoms in total. The molecular formula is C18H14O. The molecule has 2 aliphatic heterocycles. The molecule has 0 aromatic heterocycles. The highest BCUT2D eigenvalue weighted by atomic mass is 16.5. The van der Waals surface area contributed by atoms with Gasteiger partial charge in [0.05, 0.1) is 18.1 Å². The first-order valence-electron chi connectivity index (χ1n) is 6.73. The molecule has 3 atom stereocenters. The lowest BCUT2D eigenvalue weighted by molar-refractivity contribution is 0.0657. The van der Waals surface area contributed by atoms with E-state index in [9.17, 15) is 0 Å². The maximum absolute atomic E-state index is 6.04. The van der Waals surface area contributed by atoms with Crippen molar-refractivity contribution in [2.75, 3.05) is 0 Å². The van der Waals surface area contributed by atoms with Crippen molar-refractivity contribution in [2.24, 2.45) is 5.92 Å². The largest absolute Gasteiger partial charge is 0.364 e. The van der Waals surface area contributed by atoms with E-state index in [1.165, 1.54) is 11.1 Å². The number of hydrogen-bond acceptors (Lipinski definition) is 1. The molecule has 92 valence electrons. The highest BCUT2D eigenvalue weighted by Gasteiger charge is 2.44. The molecule has 4 rings (SSSR count). The molecule has 2 aliphatic rings. The predicted molar refractivity (Wildman–Crippen MR) is 74.4 cm³/mol. The van der Waals surface area contributed by atoms with Crippen LogP contribution in [0.5, 0.6) is 0 Å². The molecule has 1 heteroatoms. The van der Waals surface area contributed by atoms with Gasteiger partial charge < -0.3 is 4.74 Å². The highest BCUT2D eigenvalue weighted by molar-refractivity contribution is 5.41. The predicted octanol–water partition coefficient (Wildman–Crippen LogP) is 3.87. The van der Waals surface area contributed by atoms with E-state index in [1.807, 2.05) is 18.2 Å². The number of rotatable bonds is 0. The van der Waals surface area contributed by atoms with Gasteiger partial charge in [-0.1, -0.05) is 54.3 Å². The van der Waals surface area contributed by atoms with E-state index in [0.717, 1.165) is 12.0 Å². The van der Waals surface area contributed by atoms with Crippen LogP contribution in [0.3, 0.4) is 0 Å². The van der Waals surface area contributed by atoms with Gasteiger partial charge in [0.1, 0.15) is 0 Å². The van der Waals surface area contributed by atoms with Crippen molar-refractivity contribution in [3.63, 3.8) is 0 Å². The molecule has 0 aliphatic carbocycles. The minimum atomic E-state index is 0.178. The first-order valence-corrected chi connectivity index (χ1v) is 6.73. The standard InChI is InChI=1S/C18H14O/c1-2-6-13(7-3-1)10-11-14-12-17-15-8-4-5-9-16(15)18(14)19-17/h1-9,14,17-18H,12H2. The Bertz CT molecular complexity index is 663. The second-order valence-electron chi connectivity index (χ2n) is 5.15. The van der Waals surface area contributed by atoms with Gasteiger partial charge in [0.25, 0.3) is 0 Å². The summed E-state index contributed by atoms with van der Waals surface area (Å²) in [5.74, 6) is 7.00. The molecule has 0 saturated carbocycles. The van der Waals surface area contributed by atoms with Gasteiger partial charge in [-0.2, -0.15) is 0 Å². The molecule has 2 heterocycles. The summed E-state index contributed by atoms with van der Waals surface area (Å²) in [5, 5.41) is 0. The van der Waals surface area contributed by atoms with Gasteiger partial charge in [-0.25, -0.2) is 0 Å². The van der Waals surface area contributed by atoms with Gasteiger partial charge in [0.15, 0.2) is 0 Å². The minimum Gasteiger partial charge on any atom is -0.364 e. The Morgan fingerprint density at radius 2 is 1.63 bits per heavy atom. The first kappa shape index (κ1) is 10.8. The number of benzene rings is 2. The summed E-state index contributed by atoms with van der Waals surface area (Å²) in [6.07, 6.45) is 1.47. The van der Waals surface area contributed by atoms with E-state index < -0.39 is 0 Å². The molecule has 0 spiro atoms. The third-order valence-electron chi connectivity index (χ3n) is 3.97. The summed E-state index contributed by atoms with van der Waals surface area (Å²) in [6.45, 7) is 0. The Morgan fingerprint density at radius 1 is 0.895 bits per heavy atom. The number of fused-ring (bicyclic) bond motifs is 5. The van der Waals surface area contributed by atoms with Gasteiger partial charge in [-0.15, -0.1) is 0 Å². The molecule has 1 saturated heterocycles. The third kappa shape index (κ3) is 1.77. The number of hydrogen-bond donors (Lipinski definition) is 0. The Balaban J connectivity index is 1.63. The summed E-state index contributed by atoms with van der Waals surface area (Å²) < 4.78 is 6.04. The van der Waals surface area contributed by atoms with E-state index in [1.54, 1.807) is 0 Å². The normalized spacial score (nSPS) is 26.6. The van der Waals surface area contributed by atoms with Crippen LogP contribution in [0.15, 0.2) is 54.6 Å². The number of ether oxygens (including phenoxy) is 1. The molecule has 0 N–H and O–H groups in total. The van der Waals surface area contributed by atoms with E-state index in [4.69, 9.17) is 4.74 Å². The molecule has 0 amide bonds. The van der Waals surface area contributed by atoms with Gasteiger partial charge in [0.2, 0.25) is 0 Å². The zero-order chi connectivity index (χ0) is 12.7. The molecule has 2 aromatic rings. The fourth-order valence-electron chi connectivity index (χ4n) is 3.07. The topological polar surface area (TPSA) is 9.23 Å². The highest BCUT2D eigenvalue weighted by Crippen LogP contribution is 2.53. The van der Waals surface area contributed by atoms with E-state index in [0.29, 0.717) is 5.92 Å². The smallest absolute Gasteiger partial charge is 0.0975 e. The van der Waals surface area contributed by atoms with E-state index >= 15 is 0 Å². The van der Waals surface area contributed by atoms with Crippen LogP contribution in [-0.4, -0.2) is 0 Å². The molecule has 1 fully saturated rings. The third-order valence-corrected chi connectivity index (χ3v) is 3.97. The zero-order valence-electron chi connectivity index (χ0n) is 10.5. The van der Waals surface area contributed by atoms with Crippen molar-refractivity contribution in [3.05, 3.63) is 71.3 Å². The Labute approximate surface area is 113 Å². The van der Waals surface area contributed by atoms with Crippen LogP contribution >= 0.6 is 0 Å².